The van der Waals surface area contributed by atoms with Crippen LogP contribution in [0.15, 0.2) is 47.2 Å². The highest BCUT2D eigenvalue weighted by atomic mass is 19.1. The van der Waals surface area contributed by atoms with Crippen LogP contribution >= 0.6 is 0 Å². The fourth-order valence-electron chi connectivity index (χ4n) is 2.48. The summed E-state index contributed by atoms with van der Waals surface area (Å²) in [4.78, 5) is 18.4. The van der Waals surface area contributed by atoms with Crippen LogP contribution in [0.25, 0.3) is 0 Å². The lowest BCUT2D eigenvalue weighted by molar-refractivity contribution is -0.117. The highest BCUT2D eigenvalue weighted by Gasteiger charge is 2.10. The fraction of sp³-hybridized carbons (Fsp3) is 0.368. The van der Waals surface area contributed by atoms with Crippen LogP contribution in [0.5, 0.6) is 0 Å². The van der Waals surface area contributed by atoms with Crippen molar-refractivity contribution in [3.05, 3.63) is 58.9 Å². The quantitative estimate of drug-likeness (QED) is 0.902. The van der Waals surface area contributed by atoms with Crippen molar-refractivity contribution in [1.29, 1.82) is 0 Å². The van der Waals surface area contributed by atoms with E-state index in [0.29, 0.717) is 18.7 Å². The van der Waals surface area contributed by atoms with Crippen molar-refractivity contribution in [2.75, 3.05) is 19.8 Å². The van der Waals surface area contributed by atoms with Crippen molar-refractivity contribution in [3.63, 3.8) is 0 Å². The summed E-state index contributed by atoms with van der Waals surface area (Å²) in [6.45, 7) is 4.88. The van der Waals surface area contributed by atoms with Crippen LogP contribution < -0.4 is 5.32 Å². The van der Waals surface area contributed by atoms with Crippen LogP contribution in [0.3, 0.4) is 0 Å². The van der Waals surface area contributed by atoms with Gasteiger partial charge in [-0.15, -0.1) is 0 Å². The SMILES string of the molecule is Cc1ccc(CN2C=CCCN=CC(C(=O)NCCF)=C2)c(C)c1. The van der Waals surface area contributed by atoms with E-state index in [9.17, 15) is 9.18 Å². The number of hydrogen-bond acceptors (Lipinski definition) is 3. The third-order valence-electron chi connectivity index (χ3n) is 3.75. The van der Waals surface area contributed by atoms with Crippen molar-refractivity contribution < 1.29 is 9.18 Å². The lowest BCUT2D eigenvalue weighted by Crippen LogP contribution is -2.28. The number of carbonyl (C=O) groups excluding carboxylic acids is 1. The van der Waals surface area contributed by atoms with Crippen LogP contribution in [0, 0.1) is 13.8 Å². The molecule has 1 N–H and O–H groups in total. The lowest BCUT2D eigenvalue weighted by atomic mass is 10.1. The van der Waals surface area contributed by atoms with Crippen LogP contribution in [-0.4, -0.2) is 36.8 Å². The van der Waals surface area contributed by atoms with Gasteiger partial charge in [-0.3, -0.25) is 9.79 Å². The van der Waals surface area contributed by atoms with Gasteiger partial charge >= 0.3 is 0 Å². The van der Waals surface area contributed by atoms with Crippen LogP contribution in [0.2, 0.25) is 0 Å². The minimum Gasteiger partial charge on any atom is -0.349 e. The van der Waals surface area contributed by atoms with E-state index in [-0.39, 0.29) is 12.5 Å². The zero-order valence-electron chi connectivity index (χ0n) is 14.3. The molecule has 0 atom stereocenters. The number of halogens is 1. The predicted octanol–water partition coefficient (Wildman–Crippen LogP) is 3.06. The van der Waals surface area contributed by atoms with Gasteiger partial charge in [0.1, 0.15) is 6.67 Å². The molecule has 0 unspecified atom stereocenters. The summed E-state index contributed by atoms with van der Waals surface area (Å²) in [6.07, 6.45) is 8.15. The molecular weight excluding hydrogens is 305 g/mol. The van der Waals surface area contributed by atoms with E-state index < -0.39 is 6.67 Å². The molecule has 1 aromatic carbocycles. The number of alkyl halides is 1. The topological polar surface area (TPSA) is 44.7 Å². The first-order chi connectivity index (χ1) is 11.6. The summed E-state index contributed by atoms with van der Waals surface area (Å²) in [6, 6.07) is 6.34. The molecule has 0 radical (unpaired) electrons. The molecule has 1 aliphatic heterocycles. The molecule has 0 saturated carbocycles. The number of rotatable bonds is 5. The number of aryl methyl sites for hydroxylation is 2. The molecule has 128 valence electrons. The van der Waals surface area contributed by atoms with E-state index in [1.807, 2.05) is 17.2 Å². The Hall–Kier alpha value is -2.43. The molecular formula is C19H24FN3O. The molecule has 0 spiro atoms. The van der Waals surface area contributed by atoms with E-state index in [1.54, 1.807) is 12.4 Å². The standard InChI is InChI=1S/C19H24FN3O/c1-15-5-6-17(16(2)11-15)13-23-10-4-3-8-21-12-18(14-23)19(24)22-9-7-20/h4-6,10-12,14H,3,7-9,13H2,1-2H3,(H,22,24). The molecule has 5 heteroatoms. The van der Waals surface area contributed by atoms with Gasteiger partial charge in [-0.25, -0.2) is 4.39 Å². The molecule has 1 amide bonds. The zero-order chi connectivity index (χ0) is 17.4. The number of carbonyl (C=O) groups is 1. The summed E-state index contributed by atoms with van der Waals surface area (Å²) in [5, 5.41) is 2.55. The second-order valence-electron chi connectivity index (χ2n) is 5.84. The minimum absolute atomic E-state index is 0.0108. The number of benzene rings is 1. The Kier molecular flexibility index (Phi) is 6.73. The monoisotopic (exact) mass is 329 g/mol. The summed E-state index contributed by atoms with van der Waals surface area (Å²) >= 11 is 0. The molecule has 1 aromatic rings. The second-order valence-corrected chi connectivity index (χ2v) is 5.84. The van der Waals surface area contributed by atoms with Crippen molar-refractivity contribution in [3.8, 4) is 0 Å². The summed E-state index contributed by atoms with van der Waals surface area (Å²) in [7, 11) is 0. The molecule has 0 fully saturated rings. The number of nitrogens with zero attached hydrogens (tertiary/aromatic N) is 2. The van der Waals surface area contributed by atoms with E-state index in [0.717, 1.165) is 6.42 Å². The van der Waals surface area contributed by atoms with Gasteiger partial charge in [-0.05, 0) is 37.6 Å². The van der Waals surface area contributed by atoms with Gasteiger partial charge in [0.2, 0.25) is 0 Å². The van der Waals surface area contributed by atoms with Crippen molar-refractivity contribution in [2.45, 2.75) is 26.8 Å². The normalized spacial score (nSPS) is 14.6. The largest absolute Gasteiger partial charge is 0.349 e. The first kappa shape index (κ1) is 17.9. The van der Waals surface area contributed by atoms with Gasteiger partial charge < -0.3 is 10.2 Å². The first-order valence-corrected chi connectivity index (χ1v) is 8.14. The number of amides is 1. The molecule has 1 aliphatic rings. The molecule has 0 saturated heterocycles. The zero-order valence-corrected chi connectivity index (χ0v) is 14.3. The van der Waals surface area contributed by atoms with E-state index in [1.165, 1.54) is 16.7 Å². The molecule has 1 heterocycles. The number of hydrogen-bond donors (Lipinski definition) is 1. The molecule has 0 bridgehead atoms. The van der Waals surface area contributed by atoms with Gasteiger partial charge in [0.25, 0.3) is 5.91 Å². The van der Waals surface area contributed by atoms with Crippen LogP contribution in [0.4, 0.5) is 4.39 Å². The average molecular weight is 329 g/mol. The maximum absolute atomic E-state index is 12.3. The van der Waals surface area contributed by atoms with E-state index in [4.69, 9.17) is 0 Å². The Morgan fingerprint density at radius 1 is 1.38 bits per heavy atom. The Morgan fingerprint density at radius 3 is 2.96 bits per heavy atom. The van der Waals surface area contributed by atoms with E-state index >= 15 is 0 Å². The van der Waals surface area contributed by atoms with Crippen LogP contribution in [0.1, 0.15) is 23.1 Å². The van der Waals surface area contributed by atoms with Gasteiger partial charge in [0.15, 0.2) is 0 Å². The predicted molar refractivity (Wildman–Crippen MR) is 95.6 cm³/mol. The van der Waals surface area contributed by atoms with Gasteiger partial charge in [0, 0.05) is 32.0 Å². The average Bonchev–Trinajstić information content (AvgIpc) is 2.67. The number of aliphatic imine (C=N–C) groups is 1. The highest BCUT2D eigenvalue weighted by molar-refractivity contribution is 6.12. The third-order valence-corrected chi connectivity index (χ3v) is 3.75. The van der Waals surface area contributed by atoms with Crippen molar-refractivity contribution in [1.82, 2.24) is 10.2 Å². The van der Waals surface area contributed by atoms with Crippen molar-refractivity contribution in [2.24, 2.45) is 4.99 Å². The van der Waals surface area contributed by atoms with E-state index in [2.05, 4.69) is 42.4 Å². The Labute approximate surface area is 142 Å². The third kappa shape index (κ3) is 5.33. The van der Waals surface area contributed by atoms with Gasteiger partial charge in [-0.1, -0.05) is 29.8 Å². The van der Waals surface area contributed by atoms with Gasteiger partial charge in [-0.2, -0.15) is 0 Å². The summed E-state index contributed by atoms with van der Waals surface area (Å²) in [5.41, 5.74) is 4.07. The first-order valence-electron chi connectivity index (χ1n) is 8.14. The lowest BCUT2D eigenvalue weighted by Gasteiger charge is -2.18. The van der Waals surface area contributed by atoms with Crippen molar-refractivity contribution >= 4 is 12.1 Å². The maximum atomic E-state index is 12.3. The molecule has 0 aromatic heterocycles. The molecule has 0 aliphatic carbocycles. The molecule has 24 heavy (non-hydrogen) atoms. The fourth-order valence-corrected chi connectivity index (χ4v) is 2.48. The molecule has 4 nitrogen and oxygen atoms in total. The summed E-state index contributed by atoms with van der Waals surface area (Å²) in [5.74, 6) is -0.308. The highest BCUT2D eigenvalue weighted by Crippen LogP contribution is 2.15. The molecule has 2 rings (SSSR count). The summed E-state index contributed by atoms with van der Waals surface area (Å²) < 4.78 is 12.3. The Bertz CT molecular complexity index is 665. The minimum atomic E-state index is -0.581. The maximum Gasteiger partial charge on any atom is 0.254 e. The Balaban J connectivity index is 2.23. The Morgan fingerprint density at radius 2 is 2.21 bits per heavy atom. The number of nitrogens with one attached hydrogen (secondary N) is 1. The van der Waals surface area contributed by atoms with Crippen LogP contribution in [-0.2, 0) is 11.3 Å². The van der Waals surface area contributed by atoms with Gasteiger partial charge in [0.05, 0.1) is 5.57 Å². The second kappa shape index (κ2) is 9.01. The smallest absolute Gasteiger partial charge is 0.254 e.